The molecule has 0 aromatic heterocycles. The lowest BCUT2D eigenvalue weighted by Gasteiger charge is -2.17. The first-order valence-corrected chi connectivity index (χ1v) is 6.63. The van der Waals surface area contributed by atoms with E-state index in [1.165, 1.54) is 0 Å². The van der Waals surface area contributed by atoms with Crippen molar-refractivity contribution in [3.8, 4) is 0 Å². The van der Waals surface area contributed by atoms with Crippen LogP contribution in [-0.2, 0) is 15.7 Å². The van der Waals surface area contributed by atoms with Crippen LogP contribution in [0.5, 0.6) is 0 Å². The standard InChI is InChI=1S/C13H14ClF3N2O2/c1-18-11-6-21-5-8(11)12(20)19-10-4-7(13(15,16)17)2-3-9(10)14/h2-4,8,11,18H,5-6H2,1H3,(H,19,20). The summed E-state index contributed by atoms with van der Waals surface area (Å²) in [6.45, 7) is 0.596. The number of carbonyl (C=O) groups is 1. The number of hydrogen-bond donors (Lipinski definition) is 2. The summed E-state index contributed by atoms with van der Waals surface area (Å²) in [6, 6.07) is 2.63. The summed E-state index contributed by atoms with van der Waals surface area (Å²) in [6.07, 6.45) is -4.49. The van der Waals surface area contributed by atoms with Gasteiger partial charge in [-0.3, -0.25) is 4.79 Å². The summed E-state index contributed by atoms with van der Waals surface area (Å²) in [5.41, 5.74) is -0.923. The maximum absolute atomic E-state index is 12.7. The molecule has 1 saturated heterocycles. The van der Waals surface area contributed by atoms with Crippen molar-refractivity contribution in [3.05, 3.63) is 28.8 Å². The third kappa shape index (κ3) is 3.66. The summed E-state index contributed by atoms with van der Waals surface area (Å²) in [7, 11) is 1.69. The fourth-order valence-corrected chi connectivity index (χ4v) is 2.28. The van der Waals surface area contributed by atoms with Gasteiger partial charge >= 0.3 is 6.18 Å². The van der Waals surface area contributed by atoms with Gasteiger partial charge in [0.1, 0.15) is 0 Å². The summed E-state index contributed by atoms with van der Waals surface area (Å²) in [4.78, 5) is 12.1. The number of amides is 1. The normalized spacial score (nSPS) is 22.3. The predicted octanol–water partition coefficient (Wildman–Crippen LogP) is 2.53. The molecule has 1 heterocycles. The molecule has 4 nitrogen and oxygen atoms in total. The van der Waals surface area contributed by atoms with Crippen LogP contribution in [0.2, 0.25) is 5.02 Å². The van der Waals surface area contributed by atoms with Crippen LogP contribution in [-0.4, -0.2) is 32.2 Å². The molecule has 0 spiro atoms. The molecule has 2 unspecified atom stereocenters. The zero-order valence-electron chi connectivity index (χ0n) is 11.1. The molecular formula is C13H14ClF3N2O2. The van der Waals surface area contributed by atoms with Gasteiger partial charge in [-0.1, -0.05) is 11.6 Å². The number of halogens is 4. The molecule has 1 fully saturated rings. The van der Waals surface area contributed by atoms with Gasteiger partial charge in [-0.2, -0.15) is 13.2 Å². The first-order chi connectivity index (χ1) is 9.82. The zero-order chi connectivity index (χ0) is 15.6. The van der Waals surface area contributed by atoms with E-state index in [0.29, 0.717) is 6.61 Å². The Morgan fingerprint density at radius 2 is 2.10 bits per heavy atom. The zero-order valence-corrected chi connectivity index (χ0v) is 11.9. The molecule has 8 heteroatoms. The molecule has 116 valence electrons. The number of anilines is 1. The molecule has 1 aliphatic rings. The van der Waals surface area contributed by atoms with E-state index in [1.54, 1.807) is 7.05 Å². The van der Waals surface area contributed by atoms with Crippen molar-refractivity contribution in [3.63, 3.8) is 0 Å². The Balaban J connectivity index is 2.17. The number of likely N-dealkylation sites (N-methyl/N-ethyl adjacent to an activating group) is 1. The highest BCUT2D eigenvalue weighted by Crippen LogP contribution is 2.34. The highest BCUT2D eigenvalue weighted by atomic mass is 35.5. The molecule has 0 bridgehead atoms. The van der Waals surface area contributed by atoms with Crippen LogP contribution in [0.25, 0.3) is 0 Å². The van der Waals surface area contributed by atoms with Crippen LogP contribution in [0, 0.1) is 5.92 Å². The monoisotopic (exact) mass is 322 g/mol. The van der Waals surface area contributed by atoms with Crippen LogP contribution >= 0.6 is 11.6 Å². The number of benzene rings is 1. The van der Waals surface area contributed by atoms with Crippen molar-refractivity contribution in [1.29, 1.82) is 0 Å². The van der Waals surface area contributed by atoms with Crippen LogP contribution in [0.1, 0.15) is 5.56 Å². The minimum atomic E-state index is -4.49. The third-order valence-electron chi connectivity index (χ3n) is 3.34. The number of nitrogens with one attached hydrogen (secondary N) is 2. The van der Waals surface area contributed by atoms with Crippen molar-refractivity contribution >= 4 is 23.2 Å². The molecule has 2 atom stereocenters. The molecular weight excluding hydrogens is 309 g/mol. The summed E-state index contributed by atoms with van der Waals surface area (Å²) >= 11 is 5.84. The van der Waals surface area contributed by atoms with Gasteiger partial charge in [0.15, 0.2) is 0 Å². The molecule has 1 aromatic rings. The highest BCUT2D eigenvalue weighted by Gasteiger charge is 2.34. The van der Waals surface area contributed by atoms with Crippen LogP contribution in [0.4, 0.5) is 18.9 Å². The molecule has 1 aliphatic heterocycles. The van der Waals surface area contributed by atoms with E-state index in [9.17, 15) is 18.0 Å². The topological polar surface area (TPSA) is 50.4 Å². The molecule has 1 aromatic carbocycles. The predicted molar refractivity (Wildman–Crippen MR) is 72.2 cm³/mol. The average Bonchev–Trinajstić information content (AvgIpc) is 2.88. The fraction of sp³-hybridized carbons (Fsp3) is 0.462. The van der Waals surface area contributed by atoms with Gasteiger partial charge in [0.25, 0.3) is 0 Å². The van der Waals surface area contributed by atoms with E-state index in [0.717, 1.165) is 18.2 Å². The number of rotatable bonds is 3. The van der Waals surface area contributed by atoms with Gasteiger partial charge in [-0.25, -0.2) is 0 Å². The molecule has 2 N–H and O–H groups in total. The number of carbonyl (C=O) groups excluding carboxylic acids is 1. The van der Waals surface area contributed by atoms with Crippen molar-refractivity contribution in [2.45, 2.75) is 12.2 Å². The summed E-state index contributed by atoms with van der Waals surface area (Å²) in [5, 5.41) is 5.42. The Bertz CT molecular complexity index is 537. The number of ether oxygens (including phenoxy) is 1. The lowest BCUT2D eigenvalue weighted by molar-refractivity contribution is -0.137. The van der Waals surface area contributed by atoms with Gasteiger partial charge in [0.05, 0.1) is 35.4 Å². The second-order valence-corrected chi connectivity index (χ2v) is 5.13. The maximum atomic E-state index is 12.7. The smallest absolute Gasteiger partial charge is 0.379 e. The van der Waals surface area contributed by atoms with Crippen molar-refractivity contribution in [2.24, 2.45) is 5.92 Å². The van der Waals surface area contributed by atoms with Gasteiger partial charge in [-0.15, -0.1) is 0 Å². The van der Waals surface area contributed by atoms with E-state index < -0.39 is 23.6 Å². The van der Waals surface area contributed by atoms with Gasteiger partial charge in [0.2, 0.25) is 5.91 Å². The number of alkyl halides is 3. The Morgan fingerprint density at radius 1 is 1.38 bits per heavy atom. The molecule has 2 rings (SSSR count). The van der Waals surface area contributed by atoms with Gasteiger partial charge in [0, 0.05) is 6.04 Å². The SMILES string of the molecule is CNC1COCC1C(=O)Nc1cc(C(F)(F)F)ccc1Cl. The molecule has 21 heavy (non-hydrogen) atoms. The summed E-state index contributed by atoms with van der Waals surface area (Å²) in [5.74, 6) is -0.895. The number of hydrogen-bond acceptors (Lipinski definition) is 3. The summed E-state index contributed by atoms with van der Waals surface area (Å²) < 4.78 is 43.2. The second-order valence-electron chi connectivity index (χ2n) is 4.72. The lowest BCUT2D eigenvalue weighted by atomic mass is 10.0. The highest BCUT2D eigenvalue weighted by molar-refractivity contribution is 6.33. The maximum Gasteiger partial charge on any atom is 0.416 e. The average molecular weight is 323 g/mol. The van der Waals surface area contributed by atoms with Crippen molar-refractivity contribution in [2.75, 3.05) is 25.6 Å². The van der Waals surface area contributed by atoms with Crippen molar-refractivity contribution in [1.82, 2.24) is 5.32 Å². The third-order valence-corrected chi connectivity index (χ3v) is 3.67. The first kappa shape index (κ1) is 16.1. The Hall–Kier alpha value is -1.31. The van der Waals surface area contributed by atoms with Gasteiger partial charge < -0.3 is 15.4 Å². The van der Waals surface area contributed by atoms with E-state index in [2.05, 4.69) is 10.6 Å². The minimum absolute atomic E-state index is 0.0521. The Labute approximate surface area is 124 Å². The van der Waals surface area contributed by atoms with Crippen molar-refractivity contribution < 1.29 is 22.7 Å². The van der Waals surface area contributed by atoms with E-state index in [1.807, 2.05) is 0 Å². The largest absolute Gasteiger partial charge is 0.416 e. The van der Waals surface area contributed by atoms with Crippen LogP contribution in [0.3, 0.4) is 0 Å². The lowest BCUT2D eigenvalue weighted by Crippen LogP contribution is -2.39. The Morgan fingerprint density at radius 3 is 2.71 bits per heavy atom. The minimum Gasteiger partial charge on any atom is -0.379 e. The fourth-order valence-electron chi connectivity index (χ4n) is 2.12. The van der Waals surface area contributed by atoms with E-state index >= 15 is 0 Å². The van der Waals surface area contributed by atoms with Crippen LogP contribution in [0.15, 0.2) is 18.2 Å². The van der Waals surface area contributed by atoms with Gasteiger partial charge in [-0.05, 0) is 25.2 Å². The molecule has 0 saturated carbocycles. The first-order valence-electron chi connectivity index (χ1n) is 6.25. The van der Waals surface area contributed by atoms with E-state index in [4.69, 9.17) is 16.3 Å². The molecule has 0 radical (unpaired) electrons. The van der Waals surface area contributed by atoms with E-state index in [-0.39, 0.29) is 23.4 Å². The van der Waals surface area contributed by atoms with Crippen LogP contribution < -0.4 is 10.6 Å². The molecule has 1 amide bonds. The Kier molecular flexibility index (Phi) is 4.75. The molecule has 0 aliphatic carbocycles. The second kappa shape index (κ2) is 6.21. The quantitative estimate of drug-likeness (QED) is 0.899.